The molecule has 0 bridgehead atoms. The van der Waals surface area contributed by atoms with Gasteiger partial charge in [-0.2, -0.15) is 0 Å². The summed E-state index contributed by atoms with van der Waals surface area (Å²) in [5, 5.41) is 11.0. The van der Waals surface area contributed by atoms with E-state index in [9.17, 15) is 5.11 Å². The third kappa shape index (κ3) is 2.51. The molecular weight excluding hydrogens is 354 g/mol. The molecule has 1 N–H and O–H groups in total. The van der Waals surface area contributed by atoms with Crippen LogP contribution in [0.2, 0.25) is 5.15 Å². The molecule has 0 saturated carbocycles. The summed E-state index contributed by atoms with van der Waals surface area (Å²) in [6, 6.07) is 5.52. The van der Waals surface area contributed by atoms with E-state index in [0.717, 1.165) is 26.6 Å². The molecule has 2 aromatic heterocycles. The van der Waals surface area contributed by atoms with Crippen molar-refractivity contribution in [3.63, 3.8) is 0 Å². The van der Waals surface area contributed by atoms with Crippen LogP contribution in [0.15, 0.2) is 35.2 Å². The van der Waals surface area contributed by atoms with E-state index in [1.165, 1.54) is 6.33 Å². The first-order chi connectivity index (χ1) is 9.97. The number of aromatic nitrogens is 3. The summed E-state index contributed by atoms with van der Waals surface area (Å²) in [4.78, 5) is 8.43. The van der Waals surface area contributed by atoms with Gasteiger partial charge in [-0.15, -0.1) is 0 Å². The number of hydrogen-bond donors (Lipinski definition) is 1. The number of phenolic OH excluding ortho intramolecular Hbond substituents is 1. The Bertz CT molecular complexity index is 809. The highest BCUT2D eigenvalue weighted by atomic mass is 79.9. The van der Waals surface area contributed by atoms with Crippen LogP contribution in [0, 0.1) is 0 Å². The third-order valence-electron chi connectivity index (χ3n) is 3.31. The zero-order chi connectivity index (χ0) is 15.1. The molecule has 0 spiro atoms. The zero-order valence-corrected chi connectivity index (χ0v) is 13.9. The van der Waals surface area contributed by atoms with Gasteiger partial charge in [-0.25, -0.2) is 9.97 Å². The van der Waals surface area contributed by atoms with Crippen LogP contribution in [0.3, 0.4) is 0 Å². The maximum Gasteiger partial charge on any atom is 0.145 e. The number of aromatic hydroxyl groups is 1. The summed E-state index contributed by atoms with van der Waals surface area (Å²) in [6.45, 7) is 4.16. The summed E-state index contributed by atoms with van der Waals surface area (Å²) in [6.07, 6.45) is 3.46. The van der Waals surface area contributed by atoms with Crippen molar-refractivity contribution < 1.29 is 5.11 Å². The van der Waals surface area contributed by atoms with Gasteiger partial charge in [0.05, 0.1) is 5.39 Å². The Kier molecular flexibility index (Phi) is 3.63. The van der Waals surface area contributed by atoms with Gasteiger partial charge in [0.1, 0.15) is 22.9 Å². The highest BCUT2D eigenvalue weighted by Crippen LogP contribution is 2.37. The van der Waals surface area contributed by atoms with E-state index in [-0.39, 0.29) is 11.8 Å². The molecule has 0 unspecified atom stereocenters. The number of nitrogens with zero attached hydrogens (tertiary/aromatic N) is 3. The Hall–Kier alpha value is -1.59. The van der Waals surface area contributed by atoms with Crippen molar-refractivity contribution in [1.82, 2.24) is 14.5 Å². The number of halogens is 2. The van der Waals surface area contributed by atoms with Gasteiger partial charge < -0.3 is 9.67 Å². The van der Waals surface area contributed by atoms with Gasteiger partial charge in [-0.1, -0.05) is 27.5 Å². The minimum absolute atomic E-state index is 0.192. The van der Waals surface area contributed by atoms with Crippen molar-refractivity contribution in [2.24, 2.45) is 0 Å². The van der Waals surface area contributed by atoms with Crippen molar-refractivity contribution in [2.75, 3.05) is 0 Å². The average molecular weight is 367 g/mol. The fourth-order valence-electron chi connectivity index (χ4n) is 2.39. The molecule has 4 nitrogen and oxygen atoms in total. The molecule has 0 aliphatic carbocycles. The van der Waals surface area contributed by atoms with E-state index in [1.807, 2.05) is 12.3 Å². The van der Waals surface area contributed by atoms with E-state index < -0.39 is 0 Å². The lowest BCUT2D eigenvalue weighted by molar-refractivity contribution is 0.475. The third-order valence-corrected chi connectivity index (χ3v) is 4.06. The molecule has 0 aliphatic heterocycles. The van der Waals surface area contributed by atoms with Gasteiger partial charge in [0.25, 0.3) is 0 Å². The van der Waals surface area contributed by atoms with E-state index in [4.69, 9.17) is 11.6 Å². The van der Waals surface area contributed by atoms with Crippen LogP contribution in [0.5, 0.6) is 5.75 Å². The largest absolute Gasteiger partial charge is 0.508 e. The first kappa shape index (κ1) is 14.4. The van der Waals surface area contributed by atoms with E-state index >= 15 is 0 Å². The van der Waals surface area contributed by atoms with E-state index in [2.05, 4.69) is 44.3 Å². The van der Waals surface area contributed by atoms with Crippen LogP contribution < -0.4 is 0 Å². The Morgan fingerprint density at radius 2 is 2.00 bits per heavy atom. The Balaban J connectivity index is 2.37. The van der Waals surface area contributed by atoms with Gasteiger partial charge in [0.15, 0.2) is 0 Å². The maximum absolute atomic E-state index is 9.81. The Morgan fingerprint density at radius 3 is 2.67 bits per heavy atom. The summed E-state index contributed by atoms with van der Waals surface area (Å²) < 4.78 is 2.85. The van der Waals surface area contributed by atoms with Gasteiger partial charge in [-0.3, -0.25) is 0 Å². The number of benzene rings is 1. The molecule has 6 heteroatoms. The fourth-order valence-corrected chi connectivity index (χ4v) is 3.10. The standard InChI is InChI=1S/C15H13BrClN3O/c1-8(2)20-6-12(9-3-10(16)5-11(21)4-9)13-14(17)18-7-19-15(13)20/h3-8,21H,1-2H3. The summed E-state index contributed by atoms with van der Waals surface area (Å²) in [7, 11) is 0. The topological polar surface area (TPSA) is 50.9 Å². The first-order valence-corrected chi connectivity index (χ1v) is 7.65. The minimum Gasteiger partial charge on any atom is -0.508 e. The molecule has 0 atom stereocenters. The van der Waals surface area contributed by atoms with Gasteiger partial charge in [0, 0.05) is 22.3 Å². The van der Waals surface area contributed by atoms with Crippen LogP contribution >= 0.6 is 27.5 Å². The molecule has 3 rings (SSSR count). The SMILES string of the molecule is CC(C)n1cc(-c2cc(O)cc(Br)c2)c2c(Cl)ncnc21. The second-order valence-electron chi connectivity index (χ2n) is 5.10. The zero-order valence-electron chi connectivity index (χ0n) is 11.5. The minimum atomic E-state index is 0.192. The van der Waals surface area contributed by atoms with Crippen molar-refractivity contribution in [1.29, 1.82) is 0 Å². The lowest BCUT2D eigenvalue weighted by Gasteiger charge is -2.07. The second-order valence-corrected chi connectivity index (χ2v) is 6.38. The summed E-state index contributed by atoms with van der Waals surface area (Å²) >= 11 is 9.67. The van der Waals surface area contributed by atoms with Gasteiger partial charge in [0.2, 0.25) is 0 Å². The molecule has 0 amide bonds. The molecule has 0 radical (unpaired) electrons. The monoisotopic (exact) mass is 365 g/mol. The van der Waals surface area contributed by atoms with Crippen molar-refractivity contribution >= 4 is 38.6 Å². The van der Waals surface area contributed by atoms with E-state index in [1.54, 1.807) is 12.1 Å². The Labute approximate surface area is 135 Å². The maximum atomic E-state index is 9.81. The molecule has 0 saturated heterocycles. The molecular formula is C15H13BrClN3O. The number of phenols is 1. The van der Waals surface area contributed by atoms with Crippen LogP contribution in [-0.2, 0) is 0 Å². The number of fused-ring (bicyclic) bond motifs is 1. The van der Waals surface area contributed by atoms with Crippen molar-refractivity contribution in [3.05, 3.63) is 40.3 Å². The van der Waals surface area contributed by atoms with Crippen molar-refractivity contribution in [3.8, 4) is 16.9 Å². The van der Waals surface area contributed by atoms with Crippen LogP contribution in [0.4, 0.5) is 0 Å². The molecule has 0 fully saturated rings. The Morgan fingerprint density at radius 1 is 1.24 bits per heavy atom. The van der Waals surface area contributed by atoms with Crippen LogP contribution in [0.1, 0.15) is 19.9 Å². The summed E-state index contributed by atoms with van der Waals surface area (Å²) in [5.41, 5.74) is 2.56. The quantitative estimate of drug-likeness (QED) is 0.663. The summed E-state index contributed by atoms with van der Waals surface area (Å²) in [5.74, 6) is 0.192. The number of hydrogen-bond acceptors (Lipinski definition) is 3. The van der Waals surface area contributed by atoms with Gasteiger partial charge in [-0.05, 0) is 37.6 Å². The highest BCUT2D eigenvalue weighted by Gasteiger charge is 2.17. The first-order valence-electron chi connectivity index (χ1n) is 6.48. The van der Waals surface area contributed by atoms with Crippen LogP contribution in [-0.4, -0.2) is 19.6 Å². The molecule has 0 aliphatic rings. The molecule has 2 heterocycles. The molecule has 3 aromatic rings. The van der Waals surface area contributed by atoms with Crippen molar-refractivity contribution in [2.45, 2.75) is 19.9 Å². The lowest BCUT2D eigenvalue weighted by Crippen LogP contribution is -1.99. The highest BCUT2D eigenvalue weighted by molar-refractivity contribution is 9.10. The second kappa shape index (κ2) is 5.31. The van der Waals surface area contributed by atoms with Crippen LogP contribution in [0.25, 0.3) is 22.2 Å². The average Bonchev–Trinajstić information content (AvgIpc) is 2.78. The van der Waals surface area contributed by atoms with Gasteiger partial charge >= 0.3 is 0 Å². The fraction of sp³-hybridized carbons (Fsp3) is 0.200. The smallest absolute Gasteiger partial charge is 0.145 e. The predicted octanol–water partition coefficient (Wildman–Crippen LogP) is 4.80. The molecule has 1 aromatic carbocycles. The normalized spacial score (nSPS) is 11.5. The lowest BCUT2D eigenvalue weighted by atomic mass is 10.1. The molecule has 21 heavy (non-hydrogen) atoms. The number of rotatable bonds is 2. The van der Waals surface area contributed by atoms with E-state index in [0.29, 0.717) is 5.15 Å². The predicted molar refractivity (Wildman–Crippen MR) is 87.7 cm³/mol. The molecule has 108 valence electrons.